The first-order chi connectivity index (χ1) is 11.7. The van der Waals surface area contributed by atoms with Crippen LogP contribution in [0.1, 0.15) is 43.1 Å². The van der Waals surface area contributed by atoms with Crippen LogP contribution in [0.3, 0.4) is 0 Å². The third-order valence-corrected chi connectivity index (χ3v) is 4.86. The highest BCUT2D eigenvalue weighted by Crippen LogP contribution is 2.27. The molecule has 1 fully saturated rings. The summed E-state index contributed by atoms with van der Waals surface area (Å²) in [5.41, 5.74) is 2.08. The number of pyridine rings is 1. The van der Waals surface area contributed by atoms with Gasteiger partial charge >= 0.3 is 0 Å². The maximum Gasteiger partial charge on any atom is 0.274 e. The molecule has 126 valence electrons. The van der Waals surface area contributed by atoms with Crippen LogP contribution in [0.4, 0.5) is 11.4 Å². The van der Waals surface area contributed by atoms with Gasteiger partial charge in [0.2, 0.25) is 0 Å². The molecule has 1 unspecified atom stereocenters. The quantitative estimate of drug-likeness (QED) is 0.870. The number of para-hydroxylation sites is 1. The van der Waals surface area contributed by atoms with E-state index in [1.165, 1.54) is 19.3 Å². The number of benzene rings is 1. The molecule has 1 saturated heterocycles. The molecule has 1 N–H and O–H groups in total. The Balaban J connectivity index is 1.79. The van der Waals surface area contributed by atoms with Gasteiger partial charge in [-0.25, -0.2) is 0 Å². The molecule has 0 saturated carbocycles. The molecule has 0 spiro atoms. The number of rotatable bonds is 4. The number of hydrogen-bond donors (Lipinski definition) is 1. The molecule has 1 atom stereocenters. The maximum atomic E-state index is 12.5. The van der Waals surface area contributed by atoms with Gasteiger partial charge in [-0.2, -0.15) is 0 Å². The van der Waals surface area contributed by atoms with Gasteiger partial charge in [-0.05, 0) is 49.9 Å². The zero-order valence-corrected chi connectivity index (χ0v) is 14.6. The number of nitrogens with one attached hydrogen (secondary N) is 1. The van der Waals surface area contributed by atoms with E-state index in [1.807, 2.05) is 24.3 Å². The summed E-state index contributed by atoms with van der Waals surface area (Å²) < 4.78 is 0. The van der Waals surface area contributed by atoms with Crippen molar-refractivity contribution in [1.29, 1.82) is 0 Å². The van der Waals surface area contributed by atoms with Crippen molar-refractivity contribution in [3.63, 3.8) is 0 Å². The fourth-order valence-electron chi connectivity index (χ4n) is 3.24. The standard InChI is InChI=1S/C19H22ClN3O/c1-2-14-7-5-6-12-23(14)15-10-11-21-18(13-15)19(24)22-17-9-4-3-8-16(17)20/h3-4,8-11,13-14H,2,5-7,12H2,1H3,(H,22,24). The van der Waals surface area contributed by atoms with Crippen LogP contribution in [0.5, 0.6) is 0 Å². The molecule has 2 aromatic rings. The number of hydrogen-bond acceptors (Lipinski definition) is 3. The highest BCUT2D eigenvalue weighted by Gasteiger charge is 2.22. The summed E-state index contributed by atoms with van der Waals surface area (Å²) >= 11 is 6.10. The Kier molecular flexibility index (Phi) is 5.36. The molecule has 24 heavy (non-hydrogen) atoms. The molecule has 0 bridgehead atoms. The van der Waals surface area contributed by atoms with Crippen LogP contribution in [-0.4, -0.2) is 23.5 Å². The predicted molar refractivity (Wildman–Crippen MR) is 98.9 cm³/mol. The number of carbonyl (C=O) groups is 1. The van der Waals surface area contributed by atoms with E-state index in [4.69, 9.17) is 11.6 Å². The van der Waals surface area contributed by atoms with Crippen LogP contribution in [0.15, 0.2) is 42.6 Å². The minimum Gasteiger partial charge on any atom is -0.368 e. The molecule has 1 aliphatic rings. The van der Waals surface area contributed by atoms with Gasteiger partial charge in [0, 0.05) is 24.5 Å². The molecule has 5 heteroatoms. The van der Waals surface area contributed by atoms with Crippen molar-refractivity contribution in [3.05, 3.63) is 53.3 Å². The molecular formula is C19H22ClN3O. The summed E-state index contributed by atoms with van der Waals surface area (Å²) in [6.45, 7) is 3.25. The largest absolute Gasteiger partial charge is 0.368 e. The normalized spacial score (nSPS) is 17.6. The summed E-state index contributed by atoms with van der Waals surface area (Å²) in [6, 6.07) is 11.6. The Labute approximate surface area is 147 Å². The van der Waals surface area contributed by atoms with E-state index >= 15 is 0 Å². The van der Waals surface area contributed by atoms with Crippen LogP contribution in [0, 0.1) is 0 Å². The lowest BCUT2D eigenvalue weighted by Gasteiger charge is -2.37. The SMILES string of the molecule is CCC1CCCCN1c1ccnc(C(=O)Nc2ccccc2Cl)c1. The average molecular weight is 344 g/mol. The van der Waals surface area contributed by atoms with Gasteiger partial charge < -0.3 is 10.2 Å². The number of carbonyl (C=O) groups excluding carboxylic acids is 1. The van der Waals surface area contributed by atoms with Crippen molar-refractivity contribution in [2.75, 3.05) is 16.8 Å². The minimum atomic E-state index is -0.241. The number of anilines is 2. The fourth-order valence-corrected chi connectivity index (χ4v) is 3.42. The van der Waals surface area contributed by atoms with Crippen LogP contribution >= 0.6 is 11.6 Å². The van der Waals surface area contributed by atoms with Crippen LogP contribution in [0.25, 0.3) is 0 Å². The first-order valence-electron chi connectivity index (χ1n) is 8.47. The molecule has 3 rings (SSSR count). The smallest absolute Gasteiger partial charge is 0.274 e. The maximum absolute atomic E-state index is 12.5. The molecule has 2 heterocycles. The highest BCUT2D eigenvalue weighted by atomic mass is 35.5. The third kappa shape index (κ3) is 3.70. The average Bonchev–Trinajstić information content (AvgIpc) is 2.63. The van der Waals surface area contributed by atoms with E-state index in [2.05, 4.69) is 22.1 Å². The van der Waals surface area contributed by atoms with Crippen molar-refractivity contribution in [1.82, 2.24) is 4.98 Å². The number of amides is 1. The fraction of sp³-hybridized carbons (Fsp3) is 0.368. The minimum absolute atomic E-state index is 0.241. The summed E-state index contributed by atoms with van der Waals surface area (Å²) in [5.74, 6) is -0.241. The van der Waals surface area contributed by atoms with E-state index < -0.39 is 0 Å². The second-order valence-corrected chi connectivity index (χ2v) is 6.49. The summed E-state index contributed by atoms with van der Waals surface area (Å²) in [4.78, 5) is 19.1. The lowest BCUT2D eigenvalue weighted by atomic mass is 9.99. The number of halogens is 1. The van der Waals surface area contributed by atoms with Crippen molar-refractivity contribution >= 4 is 28.9 Å². The molecule has 1 aromatic carbocycles. The van der Waals surface area contributed by atoms with Crippen LogP contribution in [-0.2, 0) is 0 Å². The number of nitrogens with zero attached hydrogens (tertiary/aromatic N) is 2. The van der Waals surface area contributed by atoms with Gasteiger partial charge in [0.1, 0.15) is 5.69 Å². The van der Waals surface area contributed by atoms with E-state index in [1.54, 1.807) is 18.3 Å². The van der Waals surface area contributed by atoms with Gasteiger partial charge in [-0.3, -0.25) is 9.78 Å². The van der Waals surface area contributed by atoms with E-state index in [0.29, 0.717) is 22.4 Å². The molecule has 0 radical (unpaired) electrons. The first kappa shape index (κ1) is 16.8. The van der Waals surface area contributed by atoms with Crippen molar-refractivity contribution in [3.8, 4) is 0 Å². The van der Waals surface area contributed by atoms with Crippen molar-refractivity contribution in [2.24, 2.45) is 0 Å². The second-order valence-electron chi connectivity index (χ2n) is 6.08. The zero-order chi connectivity index (χ0) is 16.9. The van der Waals surface area contributed by atoms with Gasteiger partial charge in [-0.1, -0.05) is 30.7 Å². The van der Waals surface area contributed by atoms with Gasteiger partial charge in [0.15, 0.2) is 0 Å². The molecule has 1 aromatic heterocycles. The molecule has 1 amide bonds. The molecule has 0 aliphatic carbocycles. The predicted octanol–water partition coefficient (Wildman–Crippen LogP) is 4.76. The zero-order valence-electron chi connectivity index (χ0n) is 13.8. The van der Waals surface area contributed by atoms with Crippen molar-refractivity contribution < 1.29 is 4.79 Å². The molecule has 4 nitrogen and oxygen atoms in total. The first-order valence-corrected chi connectivity index (χ1v) is 8.85. The Bertz CT molecular complexity index is 719. The van der Waals surface area contributed by atoms with E-state index in [0.717, 1.165) is 18.7 Å². The van der Waals surface area contributed by atoms with Crippen molar-refractivity contribution in [2.45, 2.75) is 38.6 Å². The lowest BCUT2D eigenvalue weighted by Crippen LogP contribution is -2.39. The second kappa shape index (κ2) is 7.67. The Hall–Kier alpha value is -2.07. The molecule has 1 aliphatic heterocycles. The van der Waals surface area contributed by atoms with E-state index in [-0.39, 0.29) is 5.91 Å². The van der Waals surface area contributed by atoms with Gasteiger partial charge in [0.25, 0.3) is 5.91 Å². The van der Waals surface area contributed by atoms with Crippen LogP contribution < -0.4 is 10.2 Å². The summed E-state index contributed by atoms with van der Waals surface area (Å²) in [6.07, 6.45) is 6.50. The highest BCUT2D eigenvalue weighted by molar-refractivity contribution is 6.33. The van der Waals surface area contributed by atoms with Crippen LogP contribution in [0.2, 0.25) is 5.02 Å². The lowest BCUT2D eigenvalue weighted by molar-refractivity contribution is 0.102. The third-order valence-electron chi connectivity index (χ3n) is 4.53. The number of aromatic nitrogens is 1. The topological polar surface area (TPSA) is 45.2 Å². The Morgan fingerprint density at radius 3 is 2.96 bits per heavy atom. The Morgan fingerprint density at radius 1 is 1.33 bits per heavy atom. The number of piperidine rings is 1. The molecular weight excluding hydrogens is 322 g/mol. The summed E-state index contributed by atoms with van der Waals surface area (Å²) in [5, 5.41) is 3.35. The van der Waals surface area contributed by atoms with E-state index in [9.17, 15) is 4.79 Å². The van der Waals surface area contributed by atoms with Gasteiger partial charge in [0.05, 0.1) is 10.7 Å². The van der Waals surface area contributed by atoms with Gasteiger partial charge in [-0.15, -0.1) is 0 Å². The Morgan fingerprint density at radius 2 is 2.17 bits per heavy atom. The summed E-state index contributed by atoms with van der Waals surface area (Å²) in [7, 11) is 0. The monoisotopic (exact) mass is 343 g/mol.